The molecule has 1 aliphatic heterocycles. The zero-order valence-corrected chi connectivity index (χ0v) is 15.9. The van der Waals surface area contributed by atoms with E-state index in [9.17, 15) is 4.79 Å². The zero-order valence-electron chi connectivity index (χ0n) is 15.9. The number of hydrogen-bond donors (Lipinski definition) is 1. The van der Waals surface area contributed by atoms with Crippen LogP contribution in [0.2, 0.25) is 0 Å². The molecule has 1 saturated heterocycles. The highest BCUT2D eigenvalue weighted by atomic mass is 16.1. The molecule has 1 N–H and O–H groups in total. The van der Waals surface area contributed by atoms with Crippen LogP contribution in [0.25, 0.3) is 0 Å². The first-order valence-corrected chi connectivity index (χ1v) is 9.51. The molecule has 2 aromatic rings. The van der Waals surface area contributed by atoms with Crippen LogP contribution in [-0.2, 0) is 13.1 Å². The summed E-state index contributed by atoms with van der Waals surface area (Å²) in [5, 5.41) is 2.99. The molecule has 4 nitrogen and oxygen atoms in total. The first-order valence-electron chi connectivity index (χ1n) is 9.51. The van der Waals surface area contributed by atoms with Crippen molar-refractivity contribution in [3.63, 3.8) is 0 Å². The molecular formula is C22H29N3O. The average molecular weight is 351 g/mol. The van der Waals surface area contributed by atoms with Gasteiger partial charge in [0, 0.05) is 44.8 Å². The largest absolute Gasteiger partial charge is 0.348 e. The maximum atomic E-state index is 12.2. The van der Waals surface area contributed by atoms with E-state index >= 15 is 0 Å². The average Bonchev–Trinajstić information content (AvgIpc) is 2.68. The van der Waals surface area contributed by atoms with Crippen molar-refractivity contribution in [1.29, 1.82) is 0 Å². The van der Waals surface area contributed by atoms with E-state index in [1.54, 1.807) is 0 Å². The Morgan fingerprint density at radius 3 is 2.08 bits per heavy atom. The number of amides is 1. The molecule has 0 spiro atoms. The minimum atomic E-state index is -0.0251. The molecular weight excluding hydrogens is 322 g/mol. The topological polar surface area (TPSA) is 35.6 Å². The van der Waals surface area contributed by atoms with Crippen LogP contribution in [0, 0.1) is 6.92 Å². The van der Waals surface area contributed by atoms with Gasteiger partial charge in [0.05, 0.1) is 0 Å². The van der Waals surface area contributed by atoms with E-state index in [1.165, 1.54) is 18.7 Å². The summed E-state index contributed by atoms with van der Waals surface area (Å²) in [6.07, 6.45) is 0. The van der Waals surface area contributed by atoms with Crippen LogP contribution in [-0.4, -0.2) is 48.4 Å². The van der Waals surface area contributed by atoms with Crippen molar-refractivity contribution in [1.82, 2.24) is 15.1 Å². The van der Waals surface area contributed by atoms with E-state index in [1.807, 2.05) is 31.2 Å². The molecule has 3 rings (SSSR count). The van der Waals surface area contributed by atoms with Gasteiger partial charge in [-0.15, -0.1) is 0 Å². The van der Waals surface area contributed by atoms with Crippen LogP contribution in [0.4, 0.5) is 0 Å². The van der Waals surface area contributed by atoms with Crippen LogP contribution in [0.3, 0.4) is 0 Å². The van der Waals surface area contributed by atoms with E-state index in [0.29, 0.717) is 12.1 Å². The SMILES string of the molecule is CCN1CCN(Cc2ccc(CNC(=O)c3ccc(C)cc3)cc2)CC1. The molecule has 1 heterocycles. The Balaban J connectivity index is 1.47. The van der Waals surface area contributed by atoms with E-state index in [0.717, 1.165) is 37.3 Å². The lowest BCUT2D eigenvalue weighted by Gasteiger charge is -2.34. The van der Waals surface area contributed by atoms with Gasteiger partial charge in [0.25, 0.3) is 5.91 Å². The summed E-state index contributed by atoms with van der Waals surface area (Å²) < 4.78 is 0. The second-order valence-electron chi connectivity index (χ2n) is 7.08. The molecule has 26 heavy (non-hydrogen) atoms. The maximum Gasteiger partial charge on any atom is 0.251 e. The first kappa shape index (κ1) is 18.6. The van der Waals surface area contributed by atoms with Gasteiger partial charge in [-0.05, 0) is 36.7 Å². The molecule has 0 aromatic heterocycles. The zero-order chi connectivity index (χ0) is 18.4. The maximum absolute atomic E-state index is 12.2. The number of nitrogens with zero attached hydrogens (tertiary/aromatic N) is 2. The summed E-state index contributed by atoms with van der Waals surface area (Å²) in [6, 6.07) is 16.3. The molecule has 0 atom stereocenters. The number of piperazine rings is 1. The predicted molar refractivity (Wildman–Crippen MR) is 106 cm³/mol. The van der Waals surface area contributed by atoms with Crippen molar-refractivity contribution in [2.75, 3.05) is 32.7 Å². The van der Waals surface area contributed by atoms with Crippen LogP contribution >= 0.6 is 0 Å². The smallest absolute Gasteiger partial charge is 0.251 e. The fourth-order valence-electron chi connectivity index (χ4n) is 3.27. The van der Waals surface area contributed by atoms with Gasteiger partial charge in [-0.2, -0.15) is 0 Å². The summed E-state index contributed by atoms with van der Waals surface area (Å²) in [7, 11) is 0. The second-order valence-corrected chi connectivity index (χ2v) is 7.08. The number of aryl methyl sites for hydroxylation is 1. The molecule has 4 heteroatoms. The Bertz CT molecular complexity index is 701. The van der Waals surface area contributed by atoms with Crippen molar-refractivity contribution < 1.29 is 4.79 Å². The summed E-state index contributed by atoms with van der Waals surface area (Å²) in [5.41, 5.74) is 4.33. The minimum absolute atomic E-state index is 0.0251. The van der Waals surface area contributed by atoms with Gasteiger partial charge in [0.15, 0.2) is 0 Å². The highest BCUT2D eigenvalue weighted by Crippen LogP contribution is 2.11. The van der Waals surface area contributed by atoms with E-state index < -0.39 is 0 Å². The molecule has 1 aliphatic rings. The predicted octanol–water partition coefficient (Wildman–Crippen LogP) is 3.06. The van der Waals surface area contributed by atoms with E-state index in [-0.39, 0.29) is 5.91 Å². The van der Waals surface area contributed by atoms with E-state index in [2.05, 4.69) is 46.3 Å². The minimum Gasteiger partial charge on any atom is -0.348 e. The van der Waals surface area contributed by atoms with Gasteiger partial charge >= 0.3 is 0 Å². The summed E-state index contributed by atoms with van der Waals surface area (Å²) >= 11 is 0. The van der Waals surface area contributed by atoms with Crippen molar-refractivity contribution in [3.8, 4) is 0 Å². The number of carbonyl (C=O) groups excluding carboxylic acids is 1. The van der Waals surface area contributed by atoms with Crippen molar-refractivity contribution in [2.24, 2.45) is 0 Å². The number of hydrogen-bond acceptors (Lipinski definition) is 3. The molecule has 0 saturated carbocycles. The molecule has 0 unspecified atom stereocenters. The fourth-order valence-corrected chi connectivity index (χ4v) is 3.27. The summed E-state index contributed by atoms with van der Waals surface area (Å²) in [4.78, 5) is 17.2. The third-order valence-electron chi connectivity index (χ3n) is 5.11. The van der Waals surface area contributed by atoms with E-state index in [4.69, 9.17) is 0 Å². The number of carbonyl (C=O) groups is 1. The van der Waals surface area contributed by atoms with Gasteiger partial charge in [0.1, 0.15) is 0 Å². The van der Waals surface area contributed by atoms with Crippen LogP contribution < -0.4 is 5.32 Å². The Hall–Kier alpha value is -2.17. The van der Waals surface area contributed by atoms with Crippen molar-refractivity contribution in [3.05, 3.63) is 70.8 Å². The molecule has 0 aliphatic carbocycles. The lowest BCUT2D eigenvalue weighted by Crippen LogP contribution is -2.45. The molecule has 0 bridgehead atoms. The summed E-state index contributed by atoms with van der Waals surface area (Å²) in [6.45, 7) is 11.6. The second kappa shape index (κ2) is 8.97. The normalized spacial score (nSPS) is 15.8. The van der Waals surface area contributed by atoms with Crippen LogP contribution in [0.15, 0.2) is 48.5 Å². The van der Waals surface area contributed by atoms with Gasteiger partial charge in [-0.3, -0.25) is 9.69 Å². The summed E-state index contributed by atoms with van der Waals surface area (Å²) in [5.74, 6) is -0.0251. The Kier molecular flexibility index (Phi) is 6.42. The Morgan fingerprint density at radius 2 is 1.46 bits per heavy atom. The van der Waals surface area contributed by atoms with Crippen LogP contribution in [0.5, 0.6) is 0 Å². The van der Waals surface area contributed by atoms with Gasteiger partial charge in [-0.1, -0.05) is 48.9 Å². The standard InChI is InChI=1S/C22H29N3O/c1-3-24-12-14-25(15-13-24)17-20-8-6-19(7-9-20)16-23-22(26)21-10-4-18(2)5-11-21/h4-11H,3,12-17H2,1-2H3,(H,23,26). The van der Waals surface area contributed by atoms with Crippen molar-refractivity contribution >= 4 is 5.91 Å². The first-order chi connectivity index (χ1) is 12.6. The van der Waals surface area contributed by atoms with Gasteiger partial charge in [-0.25, -0.2) is 0 Å². The van der Waals surface area contributed by atoms with Crippen LogP contribution in [0.1, 0.15) is 34.0 Å². The Labute approximate surface area is 156 Å². The number of benzene rings is 2. The monoisotopic (exact) mass is 351 g/mol. The lowest BCUT2D eigenvalue weighted by atomic mass is 10.1. The number of likely N-dealkylation sites (N-methyl/N-ethyl adjacent to an activating group) is 1. The lowest BCUT2D eigenvalue weighted by molar-refractivity contribution is 0.0951. The molecule has 2 aromatic carbocycles. The third-order valence-corrected chi connectivity index (χ3v) is 5.11. The molecule has 138 valence electrons. The van der Waals surface area contributed by atoms with Gasteiger partial charge in [0.2, 0.25) is 0 Å². The molecule has 1 fully saturated rings. The van der Waals surface area contributed by atoms with Gasteiger partial charge < -0.3 is 10.2 Å². The molecule has 1 amide bonds. The highest BCUT2D eigenvalue weighted by Gasteiger charge is 2.15. The number of rotatable bonds is 6. The molecule has 0 radical (unpaired) electrons. The number of nitrogens with one attached hydrogen (secondary N) is 1. The quantitative estimate of drug-likeness (QED) is 0.869. The third kappa shape index (κ3) is 5.16. The Morgan fingerprint density at radius 1 is 0.885 bits per heavy atom. The fraction of sp³-hybridized carbons (Fsp3) is 0.409. The highest BCUT2D eigenvalue weighted by molar-refractivity contribution is 5.94. The van der Waals surface area contributed by atoms with Crippen molar-refractivity contribution in [2.45, 2.75) is 26.9 Å².